The third kappa shape index (κ3) is 5.90. The molecule has 0 bridgehead atoms. The number of aryl methyl sites for hydroxylation is 1. The minimum Gasteiger partial charge on any atom is -0.443 e. The molecule has 194 valence electrons. The van der Waals surface area contributed by atoms with Crippen molar-refractivity contribution >= 4 is 23.5 Å². The SMILES string of the molecule is Cn1cncc1-c1nc(C(=O)Nc2ccc(C3=NCCN3C(=O)OC(C)(C)C)nc2)cc(C(F)(F)F)n1. The summed E-state index contributed by atoms with van der Waals surface area (Å²) >= 11 is 0. The lowest BCUT2D eigenvalue weighted by atomic mass is 10.2. The van der Waals surface area contributed by atoms with E-state index in [4.69, 9.17) is 4.74 Å². The first-order chi connectivity index (χ1) is 17.3. The van der Waals surface area contributed by atoms with Crippen LogP contribution in [0.4, 0.5) is 23.7 Å². The summed E-state index contributed by atoms with van der Waals surface area (Å²) in [4.78, 5) is 46.6. The average Bonchev–Trinajstić information content (AvgIpc) is 3.47. The van der Waals surface area contributed by atoms with Gasteiger partial charge in [0.05, 0.1) is 37.5 Å². The fraction of sp³-hybridized carbons (Fsp3) is 0.348. The molecular formula is C23H23F3N8O3. The number of amidine groups is 1. The van der Waals surface area contributed by atoms with Crippen LogP contribution >= 0.6 is 0 Å². The largest absolute Gasteiger partial charge is 0.443 e. The molecule has 0 unspecified atom stereocenters. The third-order valence-corrected chi connectivity index (χ3v) is 5.00. The van der Waals surface area contributed by atoms with Crippen LogP contribution in [0, 0.1) is 0 Å². The summed E-state index contributed by atoms with van der Waals surface area (Å²) in [5.41, 5.74) is -1.67. The van der Waals surface area contributed by atoms with Crippen LogP contribution in [0.3, 0.4) is 0 Å². The molecule has 1 aliphatic heterocycles. The van der Waals surface area contributed by atoms with Crippen molar-refractivity contribution in [2.24, 2.45) is 12.0 Å². The van der Waals surface area contributed by atoms with Gasteiger partial charge in [-0.15, -0.1) is 0 Å². The highest BCUT2D eigenvalue weighted by molar-refractivity contribution is 6.07. The van der Waals surface area contributed by atoms with Crippen molar-refractivity contribution in [1.82, 2.24) is 29.4 Å². The number of ether oxygens (including phenoxy) is 1. The van der Waals surface area contributed by atoms with Crippen molar-refractivity contribution in [1.29, 1.82) is 0 Å². The molecule has 0 atom stereocenters. The molecule has 1 aliphatic rings. The number of amides is 2. The second kappa shape index (κ2) is 9.59. The number of imidazole rings is 1. The van der Waals surface area contributed by atoms with Crippen LogP contribution in [0.25, 0.3) is 11.5 Å². The number of carbonyl (C=O) groups excluding carboxylic acids is 2. The van der Waals surface area contributed by atoms with Crippen molar-refractivity contribution in [3.05, 3.63) is 54.0 Å². The van der Waals surface area contributed by atoms with E-state index >= 15 is 0 Å². The van der Waals surface area contributed by atoms with Crippen molar-refractivity contribution in [3.63, 3.8) is 0 Å². The second-order valence-electron chi connectivity index (χ2n) is 9.07. The molecule has 1 N–H and O–H groups in total. The second-order valence-corrected chi connectivity index (χ2v) is 9.07. The number of rotatable bonds is 4. The number of anilines is 1. The van der Waals surface area contributed by atoms with E-state index < -0.39 is 35.2 Å². The van der Waals surface area contributed by atoms with E-state index in [2.05, 4.69) is 30.2 Å². The molecule has 0 aromatic carbocycles. The molecule has 0 aliphatic carbocycles. The summed E-state index contributed by atoms with van der Waals surface area (Å²) < 4.78 is 47.2. The molecule has 3 aromatic heterocycles. The number of aromatic nitrogens is 5. The minimum absolute atomic E-state index is 0.199. The number of hydrogen-bond acceptors (Lipinski definition) is 8. The summed E-state index contributed by atoms with van der Waals surface area (Å²) in [7, 11) is 1.57. The van der Waals surface area contributed by atoms with E-state index in [1.54, 1.807) is 27.8 Å². The van der Waals surface area contributed by atoms with Gasteiger partial charge in [0.15, 0.2) is 11.7 Å². The molecule has 37 heavy (non-hydrogen) atoms. The highest BCUT2D eigenvalue weighted by Gasteiger charge is 2.35. The summed E-state index contributed by atoms with van der Waals surface area (Å²) in [5, 5.41) is 2.48. The summed E-state index contributed by atoms with van der Waals surface area (Å²) in [6.07, 6.45) is -1.38. The van der Waals surface area contributed by atoms with E-state index in [1.165, 1.54) is 40.3 Å². The molecule has 3 aromatic rings. The number of carbonyl (C=O) groups is 2. The van der Waals surface area contributed by atoms with Gasteiger partial charge in [-0.2, -0.15) is 13.2 Å². The van der Waals surface area contributed by atoms with Gasteiger partial charge in [0.25, 0.3) is 5.91 Å². The van der Waals surface area contributed by atoms with Gasteiger partial charge < -0.3 is 14.6 Å². The number of aliphatic imine (C=N–C) groups is 1. The van der Waals surface area contributed by atoms with E-state index in [0.717, 1.165) is 0 Å². The maximum Gasteiger partial charge on any atom is 0.433 e. The van der Waals surface area contributed by atoms with Crippen molar-refractivity contribution in [2.45, 2.75) is 32.5 Å². The number of nitrogens with zero attached hydrogens (tertiary/aromatic N) is 7. The Balaban J connectivity index is 1.54. The van der Waals surface area contributed by atoms with Gasteiger partial charge in [-0.3, -0.25) is 19.7 Å². The zero-order valence-corrected chi connectivity index (χ0v) is 20.4. The first-order valence-corrected chi connectivity index (χ1v) is 11.1. The zero-order chi connectivity index (χ0) is 27.0. The quantitative estimate of drug-likeness (QED) is 0.562. The predicted molar refractivity (Wildman–Crippen MR) is 126 cm³/mol. The Bertz CT molecular complexity index is 1360. The van der Waals surface area contributed by atoms with Gasteiger partial charge >= 0.3 is 12.3 Å². The van der Waals surface area contributed by atoms with Crippen molar-refractivity contribution in [2.75, 3.05) is 18.4 Å². The standard InChI is InChI=1S/C23H23F3N8O3/c1-22(2,3)37-21(36)34-8-7-28-19(34)14-6-5-13(10-29-14)30-20(35)15-9-17(23(24,25)26)32-18(31-15)16-11-27-12-33(16)4/h5-6,9-12H,7-8H2,1-4H3,(H,30,35). The number of halogens is 3. The van der Waals surface area contributed by atoms with Gasteiger partial charge in [-0.05, 0) is 32.9 Å². The Morgan fingerprint density at radius 2 is 1.86 bits per heavy atom. The van der Waals surface area contributed by atoms with Gasteiger partial charge in [0, 0.05) is 13.1 Å². The van der Waals surface area contributed by atoms with Crippen molar-refractivity contribution in [3.8, 4) is 11.5 Å². The number of pyridine rings is 1. The number of nitrogens with one attached hydrogen (secondary N) is 1. The molecule has 4 rings (SSSR count). The van der Waals surface area contributed by atoms with Crippen LogP contribution < -0.4 is 5.32 Å². The summed E-state index contributed by atoms with van der Waals surface area (Å²) in [6.45, 7) is 5.97. The van der Waals surface area contributed by atoms with Crippen LogP contribution in [0.1, 0.15) is 42.6 Å². The van der Waals surface area contributed by atoms with E-state index in [1.807, 2.05) is 0 Å². The van der Waals surface area contributed by atoms with E-state index in [-0.39, 0.29) is 17.2 Å². The molecule has 0 spiro atoms. The maximum atomic E-state index is 13.4. The molecule has 11 nitrogen and oxygen atoms in total. The molecule has 14 heteroatoms. The van der Waals surface area contributed by atoms with Gasteiger partial charge in [0.2, 0.25) is 0 Å². The zero-order valence-electron chi connectivity index (χ0n) is 20.4. The number of hydrogen-bond donors (Lipinski definition) is 1. The highest BCUT2D eigenvalue weighted by atomic mass is 19.4. The predicted octanol–water partition coefficient (Wildman–Crippen LogP) is 3.54. The molecule has 4 heterocycles. The maximum absolute atomic E-state index is 13.4. The topological polar surface area (TPSA) is 127 Å². The average molecular weight is 516 g/mol. The lowest BCUT2D eigenvalue weighted by Gasteiger charge is -2.24. The molecule has 0 fully saturated rings. The fourth-order valence-corrected chi connectivity index (χ4v) is 3.35. The summed E-state index contributed by atoms with van der Waals surface area (Å²) in [5.74, 6) is -0.868. The number of alkyl halides is 3. The Kier molecular flexibility index (Phi) is 6.67. The smallest absolute Gasteiger partial charge is 0.433 e. The summed E-state index contributed by atoms with van der Waals surface area (Å²) in [6, 6.07) is 3.59. The van der Waals surface area contributed by atoms with Crippen LogP contribution in [0.5, 0.6) is 0 Å². The Labute approximate surface area is 209 Å². The molecule has 0 saturated carbocycles. The Hall–Kier alpha value is -4.36. The highest BCUT2D eigenvalue weighted by Crippen LogP contribution is 2.29. The van der Waals surface area contributed by atoms with E-state index in [0.29, 0.717) is 30.7 Å². The minimum atomic E-state index is -4.80. The third-order valence-electron chi connectivity index (χ3n) is 5.00. The van der Waals surface area contributed by atoms with Crippen LogP contribution in [0.15, 0.2) is 41.9 Å². The molecule has 0 radical (unpaired) electrons. The van der Waals surface area contributed by atoms with E-state index in [9.17, 15) is 22.8 Å². The Morgan fingerprint density at radius 1 is 1.11 bits per heavy atom. The Morgan fingerprint density at radius 3 is 2.46 bits per heavy atom. The lowest BCUT2D eigenvalue weighted by Crippen LogP contribution is -2.39. The monoisotopic (exact) mass is 516 g/mol. The lowest BCUT2D eigenvalue weighted by molar-refractivity contribution is -0.141. The van der Waals surface area contributed by atoms with Gasteiger partial charge in [-0.1, -0.05) is 0 Å². The van der Waals surface area contributed by atoms with Crippen LogP contribution in [0.2, 0.25) is 0 Å². The molecular weight excluding hydrogens is 493 g/mol. The normalized spacial score (nSPS) is 13.9. The van der Waals surface area contributed by atoms with Gasteiger partial charge in [-0.25, -0.2) is 19.7 Å². The first kappa shape index (κ1) is 25.7. The van der Waals surface area contributed by atoms with Crippen LogP contribution in [-0.2, 0) is 18.0 Å². The van der Waals surface area contributed by atoms with Crippen molar-refractivity contribution < 1.29 is 27.5 Å². The molecule has 0 saturated heterocycles. The molecule has 2 amide bonds. The fourth-order valence-electron chi connectivity index (χ4n) is 3.35. The first-order valence-electron chi connectivity index (χ1n) is 11.1. The van der Waals surface area contributed by atoms with Gasteiger partial charge in [0.1, 0.15) is 28.4 Å². The van der Waals surface area contributed by atoms with Crippen LogP contribution in [-0.4, -0.2) is 65.9 Å².